The minimum atomic E-state index is 0.891. The van der Waals surface area contributed by atoms with E-state index in [1.807, 2.05) is 18.5 Å². The molecule has 0 atom stereocenters. The smallest absolute Gasteiger partial charge is 0.115 e. The summed E-state index contributed by atoms with van der Waals surface area (Å²) >= 11 is 0. The van der Waals surface area contributed by atoms with Gasteiger partial charge in [-0.05, 0) is 107 Å². The highest BCUT2D eigenvalue weighted by Gasteiger charge is 2.20. The Balaban J connectivity index is 1.18. The molecule has 0 radical (unpaired) electrons. The van der Waals surface area contributed by atoms with Crippen LogP contribution < -0.4 is 0 Å². The van der Waals surface area contributed by atoms with Crippen molar-refractivity contribution in [3.63, 3.8) is 0 Å². The molecule has 11 aromatic rings. The first-order chi connectivity index (χ1) is 26.3. The summed E-state index contributed by atoms with van der Waals surface area (Å²) in [6.45, 7) is 0. The highest BCUT2D eigenvalue weighted by atomic mass is 15.0. The van der Waals surface area contributed by atoms with Gasteiger partial charge in [-0.25, -0.2) is 0 Å². The van der Waals surface area contributed by atoms with Crippen LogP contribution in [0.2, 0.25) is 0 Å². The molecular formula is C50H31N3. The highest BCUT2D eigenvalue weighted by Crippen LogP contribution is 2.45. The summed E-state index contributed by atoms with van der Waals surface area (Å²) in [6.07, 6.45) is 3.89. The normalized spacial score (nSPS) is 11.8. The van der Waals surface area contributed by atoms with Crippen LogP contribution in [0.25, 0.3) is 104 Å². The Kier molecular flexibility index (Phi) is 6.55. The Bertz CT molecular complexity index is 3120. The summed E-state index contributed by atoms with van der Waals surface area (Å²) < 4.78 is 2.34. The van der Waals surface area contributed by atoms with Crippen LogP contribution in [0.4, 0.5) is 0 Å². The second kappa shape index (κ2) is 11.7. The first kappa shape index (κ1) is 29.6. The van der Waals surface area contributed by atoms with E-state index in [0.29, 0.717) is 0 Å². The van der Waals surface area contributed by atoms with Gasteiger partial charge >= 0.3 is 0 Å². The maximum absolute atomic E-state index is 5.16. The Labute approximate surface area is 306 Å². The maximum atomic E-state index is 5.16. The van der Waals surface area contributed by atoms with Gasteiger partial charge in [0, 0.05) is 23.6 Å². The van der Waals surface area contributed by atoms with Crippen LogP contribution in [0.15, 0.2) is 188 Å². The average Bonchev–Trinajstić information content (AvgIpc) is 3.56. The fourth-order valence-electron chi connectivity index (χ4n) is 8.59. The third-order valence-corrected chi connectivity index (χ3v) is 10.8. The van der Waals surface area contributed by atoms with Crippen LogP contribution >= 0.6 is 0 Å². The first-order valence-corrected chi connectivity index (χ1v) is 18.1. The van der Waals surface area contributed by atoms with Gasteiger partial charge < -0.3 is 4.57 Å². The molecule has 0 bridgehead atoms. The van der Waals surface area contributed by atoms with Gasteiger partial charge in [0.15, 0.2) is 0 Å². The van der Waals surface area contributed by atoms with Gasteiger partial charge in [-0.1, -0.05) is 140 Å². The van der Waals surface area contributed by atoms with E-state index in [9.17, 15) is 0 Å². The van der Waals surface area contributed by atoms with Crippen molar-refractivity contribution >= 4 is 65.2 Å². The van der Waals surface area contributed by atoms with Crippen LogP contribution in [0.3, 0.4) is 0 Å². The van der Waals surface area contributed by atoms with Gasteiger partial charge in [0.05, 0.1) is 11.0 Å². The van der Waals surface area contributed by atoms with Crippen molar-refractivity contribution in [3.05, 3.63) is 188 Å². The molecule has 3 nitrogen and oxygen atoms in total. The highest BCUT2D eigenvalue weighted by molar-refractivity contribution is 6.21. The van der Waals surface area contributed by atoms with Gasteiger partial charge in [-0.2, -0.15) is 0 Å². The monoisotopic (exact) mass is 673 g/mol. The summed E-state index contributed by atoms with van der Waals surface area (Å²) in [6, 6.07) is 63.5. The zero-order valence-corrected chi connectivity index (χ0v) is 28.7. The van der Waals surface area contributed by atoms with Crippen molar-refractivity contribution in [1.82, 2.24) is 14.5 Å². The van der Waals surface area contributed by atoms with Crippen molar-refractivity contribution in [3.8, 4) is 39.1 Å². The number of fused-ring (bicyclic) bond motifs is 7. The molecule has 0 amide bonds. The molecule has 0 spiro atoms. The number of pyridine rings is 2. The van der Waals surface area contributed by atoms with E-state index in [1.165, 1.54) is 65.3 Å². The van der Waals surface area contributed by atoms with Gasteiger partial charge in [0.1, 0.15) is 11.0 Å². The van der Waals surface area contributed by atoms with Crippen molar-refractivity contribution in [2.24, 2.45) is 0 Å². The molecule has 0 aliphatic carbocycles. The van der Waals surface area contributed by atoms with E-state index in [0.717, 1.165) is 38.9 Å². The molecule has 11 rings (SSSR count). The standard InChI is InChI=1S/C50H31N3/c1-2-14-32(15-3-1)46-40-22-8-10-24-42(40)47(43-25-11-9-23-41(43)46)35-18-12-19-37(29-35)53-44-26-13-27-51-49(44)50-45(53)30-36(31-52-50)48-38-20-6-4-16-33(38)28-34-17-5-7-21-39(34)48/h1-31H. The summed E-state index contributed by atoms with van der Waals surface area (Å²) in [5.74, 6) is 0. The minimum Gasteiger partial charge on any atom is -0.306 e. The number of hydrogen-bond acceptors (Lipinski definition) is 2. The van der Waals surface area contributed by atoms with Gasteiger partial charge in [0.25, 0.3) is 0 Å². The Morgan fingerprint density at radius 1 is 0.340 bits per heavy atom. The number of nitrogens with zero attached hydrogens (tertiary/aromatic N) is 3. The van der Waals surface area contributed by atoms with Crippen molar-refractivity contribution in [1.29, 1.82) is 0 Å². The summed E-state index contributed by atoms with van der Waals surface area (Å²) in [5.41, 5.74) is 12.1. The second-order valence-corrected chi connectivity index (χ2v) is 13.7. The molecule has 0 aliphatic heterocycles. The third kappa shape index (κ3) is 4.54. The lowest BCUT2D eigenvalue weighted by molar-refractivity contribution is 1.17. The topological polar surface area (TPSA) is 30.7 Å². The molecule has 3 aromatic heterocycles. The number of benzene rings is 8. The quantitative estimate of drug-likeness (QED) is 0.174. The zero-order chi connectivity index (χ0) is 34.9. The summed E-state index contributed by atoms with van der Waals surface area (Å²) in [7, 11) is 0. The predicted octanol–water partition coefficient (Wildman–Crippen LogP) is 13.2. The third-order valence-electron chi connectivity index (χ3n) is 10.8. The van der Waals surface area contributed by atoms with E-state index in [4.69, 9.17) is 9.97 Å². The molecule has 0 saturated heterocycles. The maximum Gasteiger partial charge on any atom is 0.115 e. The lowest BCUT2D eigenvalue weighted by Gasteiger charge is -2.18. The Morgan fingerprint density at radius 2 is 0.868 bits per heavy atom. The number of rotatable bonds is 4. The van der Waals surface area contributed by atoms with E-state index in [-0.39, 0.29) is 0 Å². The molecule has 53 heavy (non-hydrogen) atoms. The molecule has 0 fully saturated rings. The average molecular weight is 674 g/mol. The van der Waals surface area contributed by atoms with Crippen molar-refractivity contribution < 1.29 is 0 Å². The lowest BCUT2D eigenvalue weighted by Crippen LogP contribution is -1.96. The van der Waals surface area contributed by atoms with Crippen LogP contribution in [-0.2, 0) is 0 Å². The van der Waals surface area contributed by atoms with Crippen LogP contribution in [0.5, 0.6) is 0 Å². The van der Waals surface area contributed by atoms with E-state index >= 15 is 0 Å². The molecule has 0 N–H and O–H groups in total. The van der Waals surface area contributed by atoms with E-state index in [2.05, 4.69) is 174 Å². The molecule has 0 saturated carbocycles. The second-order valence-electron chi connectivity index (χ2n) is 13.7. The van der Waals surface area contributed by atoms with Crippen LogP contribution in [-0.4, -0.2) is 14.5 Å². The van der Waals surface area contributed by atoms with Crippen LogP contribution in [0.1, 0.15) is 0 Å². The van der Waals surface area contributed by atoms with Crippen molar-refractivity contribution in [2.45, 2.75) is 0 Å². The zero-order valence-electron chi connectivity index (χ0n) is 28.7. The lowest BCUT2D eigenvalue weighted by atomic mass is 9.86. The molecular weight excluding hydrogens is 643 g/mol. The number of hydrogen-bond donors (Lipinski definition) is 0. The fraction of sp³-hybridized carbons (Fsp3) is 0. The van der Waals surface area contributed by atoms with Gasteiger partial charge in [-0.3, -0.25) is 9.97 Å². The van der Waals surface area contributed by atoms with Crippen molar-refractivity contribution in [2.75, 3.05) is 0 Å². The first-order valence-electron chi connectivity index (χ1n) is 18.1. The van der Waals surface area contributed by atoms with Gasteiger partial charge in [0.2, 0.25) is 0 Å². The SMILES string of the molecule is c1ccc(-c2c3ccccc3c(-c3cccc(-n4c5cccnc5c5ncc(-c6c7ccccc7cc7ccccc67)cc54)c3)c3ccccc23)cc1. The summed E-state index contributed by atoms with van der Waals surface area (Å²) in [4.78, 5) is 10.0. The minimum absolute atomic E-state index is 0.891. The van der Waals surface area contributed by atoms with Gasteiger partial charge in [-0.15, -0.1) is 0 Å². The number of aromatic nitrogens is 3. The molecule has 0 unspecified atom stereocenters. The molecule has 8 aromatic carbocycles. The van der Waals surface area contributed by atoms with Crippen LogP contribution in [0, 0.1) is 0 Å². The Hall–Kier alpha value is -7.10. The largest absolute Gasteiger partial charge is 0.306 e. The molecule has 3 heteroatoms. The van der Waals surface area contributed by atoms with E-state index < -0.39 is 0 Å². The fourth-order valence-corrected chi connectivity index (χ4v) is 8.59. The summed E-state index contributed by atoms with van der Waals surface area (Å²) in [5, 5.41) is 9.82. The van der Waals surface area contributed by atoms with E-state index in [1.54, 1.807) is 0 Å². The predicted molar refractivity (Wildman–Crippen MR) is 223 cm³/mol. The molecule has 0 aliphatic rings. The molecule has 3 heterocycles. The molecule has 246 valence electrons. The Morgan fingerprint density at radius 3 is 1.53 bits per heavy atom.